The standard InChI is InChI=1S/C26H39N3O3/c1-6-32-23-9-7-22(8-10-23)26(13-15-31-16-14-26)18-27-25(30)12-11-24-20(4)28-29(21(24)5)17-19(2)3/h7-10,19H,6,11-18H2,1-5H3,(H,27,30). The minimum absolute atomic E-state index is 0.0906. The minimum Gasteiger partial charge on any atom is -0.494 e. The highest BCUT2D eigenvalue weighted by Crippen LogP contribution is 2.35. The van der Waals surface area contributed by atoms with Crippen LogP contribution in [0.15, 0.2) is 24.3 Å². The molecule has 2 heterocycles. The fourth-order valence-electron chi connectivity index (χ4n) is 4.62. The molecule has 1 aromatic heterocycles. The van der Waals surface area contributed by atoms with E-state index < -0.39 is 0 Å². The third-order valence-corrected chi connectivity index (χ3v) is 6.52. The molecule has 6 heteroatoms. The minimum atomic E-state index is -0.0906. The number of carbonyl (C=O) groups is 1. The van der Waals surface area contributed by atoms with Crippen molar-refractivity contribution in [1.82, 2.24) is 15.1 Å². The van der Waals surface area contributed by atoms with Gasteiger partial charge in [-0.05, 0) is 69.2 Å². The second-order valence-corrected chi connectivity index (χ2v) is 9.35. The largest absolute Gasteiger partial charge is 0.494 e. The van der Waals surface area contributed by atoms with Gasteiger partial charge in [0, 0.05) is 43.8 Å². The first-order valence-electron chi connectivity index (χ1n) is 12.0. The summed E-state index contributed by atoms with van der Waals surface area (Å²) in [6.45, 7) is 14.2. The van der Waals surface area contributed by atoms with Crippen molar-refractivity contribution in [2.24, 2.45) is 5.92 Å². The van der Waals surface area contributed by atoms with E-state index in [1.165, 1.54) is 16.8 Å². The van der Waals surface area contributed by atoms with Crippen LogP contribution in [-0.4, -0.2) is 42.1 Å². The number of nitrogens with one attached hydrogen (secondary N) is 1. The van der Waals surface area contributed by atoms with E-state index in [4.69, 9.17) is 9.47 Å². The summed E-state index contributed by atoms with van der Waals surface area (Å²) in [7, 11) is 0. The van der Waals surface area contributed by atoms with Gasteiger partial charge in [-0.2, -0.15) is 5.10 Å². The molecule has 0 unspecified atom stereocenters. The molecule has 176 valence electrons. The molecule has 6 nitrogen and oxygen atoms in total. The smallest absolute Gasteiger partial charge is 0.220 e. The first-order chi connectivity index (χ1) is 15.3. The fourth-order valence-corrected chi connectivity index (χ4v) is 4.62. The number of aromatic nitrogens is 2. The van der Waals surface area contributed by atoms with Gasteiger partial charge in [-0.15, -0.1) is 0 Å². The van der Waals surface area contributed by atoms with Crippen LogP contribution in [0.5, 0.6) is 5.75 Å². The maximum Gasteiger partial charge on any atom is 0.220 e. The Morgan fingerprint density at radius 2 is 1.91 bits per heavy atom. The number of hydrogen-bond donors (Lipinski definition) is 1. The normalized spacial score (nSPS) is 15.7. The molecule has 1 fully saturated rings. The fraction of sp³-hybridized carbons (Fsp3) is 0.615. The number of ether oxygens (including phenoxy) is 2. The van der Waals surface area contributed by atoms with Crippen LogP contribution in [0.4, 0.5) is 0 Å². The van der Waals surface area contributed by atoms with Crippen LogP contribution in [0.1, 0.15) is 62.5 Å². The molecule has 1 saturated heterocycles. The zero-order valence-electron chi connectivity index (χ0n) is 20.4. The third kappa shape index (κ3) is 5.91. The van der Waals surface area contributed by atoms with Gasteiger partial charge >= 0.3 is 0 Å². The SMILES string of the molecule is CCOc1ccc(C2(CNC(=O)CCc3c(C)nn(CC(C)C)c3C)CCOCC2)cc1. The van der Waals surface area contributed by atoms with Gasteiger partial charge in [0.2, 0.25) is 5.91 Å². The van der Waals surface area contributed by atoms with Crippen LogP contribution in [-0.2, 0) is 27.9 Å². The summed E-state index contributed by atoms with van der Waals surface area (Å²) in [5.74, 6) is 1.52. The number of nitrogens with zero attached hydrogens (tertiary/aromatic N) is 2. The van der Waals surface area contributed by atoms with Crippen molar-refractivity contribution in [3.05, 3.63) is 46.8 Å². The topological polar surface area (TPSA) is 65.4 Å². The van der Waals surface area contributed by atoms with Crippen molar-refractivity contribution >= 4 is 5.91 Å². The Hall–Kier alpha value is -2.34. The lowest BCUT2D eigenvalue weighted by Crippen LogP contribution is -2.44. The predicted molar refractivity (Wildman–Crippen MR) is 127 cm³/mol. The van der Waals surface area contributed by atoms with Crippen molar-refractivity contribution in [3.8, 4) is 5.75 Å². The monoisotopic (exact) mass is 441 g/mol. The highest BCUT2D eigenvalue weighted by atomic mass is 16.5. The molecule has 0 radical (unpaired) electrons. The van der Waals surface area contributed by atoms with Gasteiger partial charge < -0.3 is 14.8 Å². The molecule has 3 rings (SSSR count). The number of rotatable bonds is 10. The van der Waals surface area contributed by atoms with Gasteiger partial charge in [0.05, 0.1) is 12.3 Å². The summed E-state index contributed by atoms with van der Waals surface area (Å²) in [6, 6.07) is 8.33. The summed E-state index contributed by atoms with van der Waals surface area (Å²) in [4.78, 5) is 12.8. The summed E-state index contributed by atoms with van der Waals surface area (Å²) in [5, 5.41) is 7.91. The molecule has 0 aliphatic carbocycles. The maximum atomic E-state index is 12.8. The van der Waals surface area contributed by atoms with Gasteiger partial charge in [-0.1, -0.05) is 26.0 Å². The Labute approximate surface area is 192 Å². The molecule has 1 aromatic carbocycles. The lowest BCUT2D eigenvalue weighted by molar-refractivity contribution is -0.121. The van der Waals surface area contributed by atoms with Crippen LogP contribution in [0.25, 0.3) is 0 Å². The molecule has 32 heavy (non-hydrogen) atoms. The van der Waals surface area contributed by atoms with E-state index >= 15 is 0 Å². The van der Waals surface area contributed by atoms with Crippen molar-refractivity contribution in [2.45, 2.75) is 72.3 Å². The Morgan fingerprint density at radius 3 is 2.53 bits per heavy atom. The van der Waals surface area contributed by atoms with Crippen molar-refractivity contribution in [2.75, 3.05) is 26.4 Å². The zero-order valence-corrected chi connectivity index (χ0v) is 20.4. The van der Waals surface area contributed by atoms with Crippen molar-refractivity contribution in [3.63, 3.8) is 0 Å². The third-order valence-electron chi connectivity index (χ3n) is 6.52. The van der Waals surface area contributed by atoms with E-state index in [0.717, 1.165) is 50.5 Å². The predicted octanol–water partition coefficient (Wildman–Crippen LogP) is 4.35. The Kier molecular flexibility index (Phi) is 8.35. The molecule has 0 spiro atoms. The van der Waals surface area contributed by atoms with Crippen LogP contribution < -0.4 is 10.1 Å². The first-order valence-corrected chi connectivity index (χ1v) is 12.0. The number of hydrogen-bond acceptors (Lipinski definition) is 4. The summed E-state index contributed by atoms with van der Waals surface area (Å²) in [5.41, 5.74) is 4.57. The average molecular weight is 442 g/mol. The van der Waals surface area contributed by atoms with Gasteiger partial charge in [-0.25, -0.2) is 0 Å². The van der Waals surface area contributed by atoms with Gasteiger partial charge in [-0.3, -0.25) is 9.48 Å². The van der Waals surface area contributed by atoms with E-state index in [-0.39, 0.29) is 11.3 Å². The Bertz CT molecular complexity index is 880. The summed E-state index contributed by atoms with van der Waals surface area (Å²) >= 11 is 0. The summed E-state index contributed by atoms with van der Waals surface area (Å²) < 4.78 is 13.3. The molecule has 1 N–H and O–H groups in total. The average Bonchev–Trinajstić information content (AvgIpc) is 3.04. The molecular formula is C26H39N3O3. The second kappa shape index (κ2) is 11.0. The molecule has 1 amide bonds. The van der Waals surface area contributed by atoms with E-state index in [1.54, 1.807) is 0 Å². The molecule has 1 aliphatic rings. The van der Waals surface area contributed by atoms with E-state index in [0.29, 0.717) is 25.5 Å². The molecule has 0 atom stereocenters. The van der Waals surface area contributed by atoms with Gasteiger partial charge in [0.25, 0.3) is 0 Å². The molecule has 0 saturated carbocycles. The Morgan fingerprint density at radius 1 is 1.22 bits per heavy atom. The van der Waals surface area contributed by atoms with E-state index in [2.05, 4.69) is 48.0 Å². The van der Waals surface area contributed by atoms with Crippen LogP contribution >= 0.6 is 0 Å². The van der Waals surface area contributed by atoms with E-state index in [1.807, 2.05) is 26.0 Å². The quantitative estimate of drug-likeness (QED) is 0.595. The molecule has 1 aliphatic heterocycles. The van der Waals surface area contributed by atoms with Crippen molar-refractivity contribution in [1.29, 1.82) is 0 Å². The molecular weight excluding hydrogens is 402 g/mol. The maximum absolute atomic E-state index is 12.8. The second-order valence-electron chi connectivity index (χ2n) is 9.35. The van der Waals surface area contributed by atoms with Crippen LogP contribution in [0.3, 0.4) is 0 Å². The lowest BCUT2D eigenvalue weighted by Gasteiger charge is -2.38. The number of carbonyl (C=O) groups excluding carboxylic acids is 1. The van der Waals surface area contributed by atoms with E-state index in [9.17, 15) is 4.79 Å². The number of benzene rings is 1. The molecule has 2 aromatic rings. The highest BCUT2D eigenvalue weighted by Gasteiger charge is 2.35. The lowest BCUT2D eigenvalue weighted by atomic mass is 9.74. The van der Waals surface area contributed by atoms with Gasteiger partial charge in [0.1, 0.15) is 5.75 Å². The van der Waals surface area contributed by atoms with Crippen LogP contribution in [0.2, 0.25) is 0 Å². The number of amides is 1. The van der Waals surface area contributed by atoms with Gasteiger partial charge in [0.15, 0.2) is 0 Å². The summed E-state index contributed by atoms with van der Waals surface area (Å²) in [6.07, 6.45) is 3.01. The zero-order chi connectivity index (χ0) is 23.1. The van der Waals surface area contributed by atoms with Crippen LogP contribution in [0, 0.1) is 19.8 Å². The molecule has 0 bridgehead atoms. The van der Waals surface area contributed by atoms with Crippen molar-refractivity contribution < 1.29 is 14.3 Å². The first kappa shape index (κ1) is 24.3. The highest BCUT2D eigenvalue weighted by molar-refractivity contribution is 5.76. The Balaban J connectivity index is 1.62. The number of aryl methyl sites for hydroxylation is 1.